The molecular weight excluding hydrogens is 240 g/mol. The summed E-state index contributed by atoms with van der Waals surface area (Å²) in [6, 6.07) is 8.14. The van der Waals surface area contributed by atoms with Crippen molar-refractivity contribution in [3.63, 3.8) is 0 Å². The number of benzene rings is 1. The first-order chi connectivity index (χ1) is 9.26. The second-order valence-electron chi connectivity index (χ2n) is 4.41. The predicted molar refractivity (Wildman–Crippen MR) is 76.4 cm³/mol. The van der Waals surface area contributed by atoms with Crippen molar-refractivity contribution in [3.05, 3.63) is 30.5 Å². The Balaban J connectivity index is 2.12. The summed E-state index contributed by atoms with van der Waals surface area (Å²) in [6.45, 7) is 3.49. The van der Waals surface area contributed by atoms with Crippen LogP contribution in [-0.4, -0.2) is 24.1 Å². The van der Waals surface area contributed by atoms with E-state index in [2.05, 4.69) is 28.2 Å². The smallest absolute Gasteiger partial charge is 0.219 e. The first kappa shape index (κ1) is 13.5. The van der Waals surface area contributed by atoms with Gasteiger partial charge < -0.3 is 14.6 Å². The van der Waals surface area contributed by atoms with Gasteiger partial charge in [-0.3, -0.25) is 4.79 Å². The molecule has 1 aromatic heterocycles. The Morgan fingerprint density at radius 3 is 2.95 bits per heavy atom. The van der Waals surface area contributed by atoms with E-state index in [0.717, 1.165) is 29.6 Å². The number of carbonyl (C=O) groups is 1. The molecule has 1 amide bonds. The molecule has 0 saturated heterocycles. The molecule has 2 rings (SSSR count). The fraction of sp³-hybridized carbons (Fsp3) is 0.400. The van der Waals surface area contributed by atoms with Gasteiger partial charge >= 0.3 is 0 Å². The molecule has 0 unspecified atom stereocenters. The normalized spacial score (nSPS) is 10.6. The minimum absolute atomic E-state index is 0.0893. The van der Waals surface area contributed by atoms with Crippen molar-refractivity contribution >= 4 is 16.8 Å². The highest BCUT2D eigenvalue weighted by Gasteiger charge is 2.06. The lowest BCUT2D eigenvalue weighted by Crippen LogP contribution is -2.17. The van der Waals surface area contributed by atoms with Gasteiger partial charge in [-0.1, -0.05) is 6.07 Å². The summed E-state index contributed by atoms with van der Waals surface area (Å²) in [5, 5.41) is 3.77. The quantitative estimate of drug-likeness (QED) is 0.867. The Morgan fingerprint density at radius 2 is 2.21 bits per heavy atom. The molecule has 4 heteroatoms. The molecule has 0 bridgehead atoms. The number of rotatable bonds is 6. The molecule has 0 aliphatic carbocycles. The molecule has 0 spiro atoms. The molecule has 1 N–H and O–H groups in total. The number of amides is 1. The number of aryl methyl sites for hydroxylation is 1. The van der Waals surface area contributed by atoms with Gasteiger partial charge in [0.1, 0.15) is 5.75 Å². The molecule has 2 aromatic rings. The maximum atomic E-state index is 11.2. The molecule has 102 valence electrons. The molecule has 0 radical (unpaired) electrons. The van der Waals surface area contributed by atoms with Crippen LogP contribution >= 0.6 is 0 Å². The van der Waals surface area contributed by atoms with Crippen LogP contribution in [0.25, 0.3) is 10.9 Å². The number of nitrogens with one attached hydrogen (secondary N) is 1. The topological polar surface area (TPSA) is 43.3 Å². The maximum absolute atomic E-state index is 11.2. The average molecular weight is 260 g/mol. The Bertz CT molecular complexity index is 560. The Labute approximate surface area is 113 Å². The van der Waals surface area contributed by atoms with Gasteiger partial charge in [-0.2, -0.15) is 0 Å². The molecule has 1 aromatic carbocycles. The van der Waals surface area contributed by atoms with E-state index < -0.39 is 0 Å². The number of ether oxygens (including phenoxy) is 1. The van der Waals surface area contributed by atoms with Crippen LogP contribution in [0.2, 0.25) is 0 Å². The standard InChI is InChI=1S/C15H20N2O2/c1-3-19-14-7-4-6-13-12(14)9-11-17(13)10-5-8-15(18)16-2/h4,6-7,9,11H,3,5,8,10H2,1-2H3,(H,16,18). The summed E-state index contributed by atoms with van der Waals surface area (Å²) in [5.41, 5.74) is 1.16. The number of fused-ring (bicyclic) bond motifs is 1. The molecule has 0 atom stereocenters. The largest absolute Gasteiger partial charge is 0.493 e. The highest BCUT2D eigenvalue weighted by molar-refractivity contribution is 5.86. The summed E-state index contributed by atoms with van der Waals surface area (Å²) in [6.07, 6.45) is 3.45. The number of nitrogens with zero attached hydrogens (tertiary/aromatic N) is 1. The first-order valence-electron chi connectivity index (χ1n) is 6.67. The van der Waals surface area contributed by atoms with Crippen molar-refractivity contribution in [1.29, 1.82) is 0 Å². The molecule has 0 aliphatic heterocycles. The van der Waals surface area contributed by atoms with Gasteiger partial charge in [0.15, 0.2) is 0 Å². The highest BCUT2D eigenvalue weighted by Crippen LogP contribution is 2.26. The van der Waals surface area contributed by atoms with Crippen LogP contribution in [0, 0.1) is 0 Å². The fourth-order valence-electron chi connectivity index (χ4n) is 2.21. The minimum Gasteiger partial charge on any atom is -0.493 e. The zero-order valence-corrected chi connectivity index (χ0v) is 11.5. The molecule has 0 aliphatic rings. The zero-order chi connectivity index (χ0) is 13.7. The van der Waals surface area contributed by atoms with Gasteiger partial charge in [0.25, 0.3) is 0 Å². The van der Waals surface area contributed by atoms with Crippen molar-refractivity contribution < 1.29 is 9.53 Å². The summed E-state index contributed by atoms with van der Waals surface area (Å²) in [5.74, 6) is 1.01. The Kier molecular flexibility index (Phi) is 4.44. The van der Waals surface area contributed by atoms with E-state index in [0.29, 0.717) is 13.0 Å². The van der Waals surface area contributed by atoms with E-state index in [9.17, 15) is 4.79 Å². The minimum atomic E-state index is 0.0893. The SMILES string of the molecule is CCOc1cccc2c1ccn2CCCC(=O)NC. The third-order valence-electron chi connectivity index (χ3n) is 3.16. The highest BCUT2D eigenvalue weighted by atomic mass is 16.5. The Morgan fingerprint density at radius 1 is 1.37 bits per heavy atom. The second-order valence-corrected chi connectivity index (χ2v) is 4.41. The van der Waals surface area contributed by atoms with E-state index >= 15 is 0 Å². The predicted octanol–water partition coefficient (Wildman–Crippen LogP) is 2.57. The summed E-state index contributed by atoms with van der Waals surface area (Å²) >= 11 is 0. The third-order valence-corrected chi connectivity index (χ3v) is 3.16. The molecular formula is C15H20N2O2. The van der Waals surface area contributed by atoms with Crippen molar-refractivity contribution in [3.8, 4) is 5.75 Å². The van der Waals surface area contributed by atoms with Crippen LogP contribution in [0.3, 0.4) is 0 Å². The van der Waals surface area contributed by atoms with E-state index in [1.807, 2.05) is 19.1 Å². The molecule has 0 saturated carbocycles. The number of carbonyl (C=O) groups excluding carboxylic acids is 1. The van der Waals surface area contributed by atoms with Crippen LogP contribution in [0.5, 0.6) is 5.75 Å². The van der Waals surface area contributed by atoms with Crippen LogP contribution < -0.4 is 10.1 Å². The first-order valence-corrected chi connectivity index (χ1v) is 6.67. The molecule has 4 nitrogen and oxygen atoms in total. The number of aromatic nitrogens is 1. The van der Waals surface area contributed by atoms with Crippen LogP contribution in [0.1, 0.15) is 19.8 Å². The van der Waals surface area contributed by atoms with Gasteiger partial charge in [-0.05, 0) is 31.5 Å². The molecule has 1 heterocycles. The van der Waals surface area contributed by atoms with Crippen LogP contribution in [0.15, 0.2) is 30.5 Å². The number of hydrogen-bond donors (Lipinski definition) is 1. The van der Waals surface area contributed by atoms with E-state index in [4.69, 9.17) is 4.74 Å². The van der Waals surface area contributed by atoms with Crippen molar-refractivity contribution in [2.24, 2.45) is 0 Å². The lowest BCUT2D eigenvalue weighted by Gasteiger charge is -2.07. The second kappa shape index (κ2) is 6.27. The van der Waals surface area contributed by atoms with Gasteiger partial charge in [0.05, 0.1) is 12.1 Å². The lowest BCUT2D eigenvalue weighted by molar-refractivity contribution is -0.120. The van der Waals surface area contributed by atoms with Gasteiger partial charge in [-0.15, -0.1) is 0 Å². The maximum Gasteiger partial charge on any atom is 0.219 e. The van der Waals surface area contributed by atoms with E-state index in [1.165, 1.54) is 0 Å². The zero-order valence-electron chi connectivity index (χ0n) is 11.5. The number of hydrogen-bond acceptors (Lipinski definition) is 2. The molecule has 0 fully saturated rings. The van der Waals surface area contributed by atoms with Crippen LogP contribution in [-0.2, 0) is 11.3 Å². The van der Waals surface area contributed by atoms with Gasteiger partial charge in [-0.25, -0.2) is 0 Å². The summed E-state index contributed by atoms with van der Waals surface area (Å²) < 4.78 is 7.78. The monoisotopic (exact) mass is 260 g/mol. The third kappa shape index (κ3) is 3.08. The molecule has 19 heavy (non-hydrogen) atoms. The fourth-order valence-corrected chi connectivity index (χ4v) is 2.21. The van der Waals surface area contributed by atoms with Crippen molar-refractivity contribution in [2.45, 2.75) is 26.3 Å². The van der Waals surface area contributed by atoms with Gasteiger partial charge in [0, 0.05) is 31.6 Å². The summed E-state index contributed by atoms with van der Waals surface area (Å²) in [7, 11) is 1.67. The summed E-state index contributed by atoms with van der Waals surface area (Å²) in [4.78, 5) is 11.2. The van der Waals surface area contributed by atoms with Crippen molar-refractivity contribution in [2.75, 3.05) is 13.7 Å². The van der Waals surface area contributed by atoms with E-state index in [1.54, 1.807) is 7.05 Å². The van der Waals surface area contributed by atoms with Crippen molar-refractivity contribution in [1.82, 2.24) is 9.88 Å². The van der Waals surface area contributed by atoms with Gasteiger partial charge in [0.2, 0.25) is 5.91 Å². The van der Waals surface area contributed by atoms with E-state index in [-0.39, 0.29) is 5.91 Å². The Hall–Kier alpha value is -1.97. The van der Waals surface area contributed by atoms with Crippen LogP contribution in [0.4, 0.5) is 0 Å². The average Bonchev–Trinajstić information content (AvgIpc) is 2.83. The lowest BCUT2D eigenvalue weighted by atomic mass is 10.2.